The van der Waals surface area contributed by atoms with Crippen LogP contribution in [0.1, 0.15) is 232 Å². The molecule has 0 aromatic carbocycles. The summed E-state index contributed by atoms with van der Waals surface area (Å²) in [5.41, 5.74) is 0. The fourth-order valence-electron chi connectivity index (χ4n) is 7.84. The van der Waals surface area contributed by atoms with Crippen LogP contribution in [0.25, 0.3) is 0 Å². The number of aliphatic hydroxyl groups excluding tert-OH is 1. The molecule has 9 heteroatoms. The van der Waals surface area contributed by atoms with Crippen LogP contribution in [0.3, 0.4) is 0 Å². The van der Waals surface area contributed by atoms with Gasteiger partial charge < -0.3 is 19.8 Å². The Labute approximate surface area is 420 Å². The highest BCUT2D eigenvalue weighted by atomic mass is 31.2. The summed E-state index contributed by atoms with van der Waals surface area (Å²) in [6.45, 7) is 4.44. The van der Waals surface area contributed by atoms with E-state index in [2.05, 4.69) is 85.2 Å². The Balaban J connectivity index is 3.86. The summed E-state index contributed by atoms with van der Waals surface area (Å²) in [6.07, 6.45) is 70.3. The molecule has 3 N–H and O–H groups in total. The topological polar surface area (TPSA) is 105 Å². The summed E-state index contributed by atoms with van der Waals surface area (Å²) in [4.78, 5) is 23.1. The van der Waals surface area contributed by atoms with Crippen LogP contribution in [0, 0.1) is 0 Å². The average molecular weight is 972 g/mol. The second-order valence-corrected chi connectivity index (χ2v) is 21.4. The highest BCUT2D eigenvalue weighted by Crippen LogP contribution is 2.43. The van der Waals surface area contributed by atoms with Gasteiger partial charge in [-0.15, -0.1) is 0 Å². The average Bonchev–Trinajstić information content (AvgIpc) is 3.30. The molecule has 8 nitrogen and oxygen atoms in total. The fraction of sp³-hybridized carbons (Fsp3) is 0.746. The minimum absolute atomic E-state index is 0.0518. The number of hydrogen-bond acceptors (Lipinski definition) is 5. The number of allylic oxidation sites excluding steroid dienone is 13. The molecule has 3 atom stereocenters. The number of quaternary nitrogens is 1. The van der Waals surface area contributed by atoms with Crippen molar-refractivity contribution in [1.29, 1.82) is 0 Å². The maximum Gasteiger partial charge on any atom is 0.472 e. The fourth-order valence-corrected chi connectivity index (χ4v) is 8.57. The van der Waals surface area contributed by atoms with E-state index >= 15 is 0 Å². The summed E-state index contributed by atoms with van der Waals surface area (Å²) in [5, 5.41) is 13.8. The summed E-state index contributed by atoms with van der Waals surface area (Å²) < 4.78 is 23.5. The first kappa shape index (κ1) is 65.7. The summed E-state index contributed by atoms with van der Waals surface area (Å²) >= 11 is 0. The van der Waals surface area contributed by atoms with E-state index in [1.165, 1.54) is 141 Å². The standard InChI is InChI=1S/C59H107N2O6P/c1-6-8-10-12-14-16-17-18-19-20-21-22-23-24-25-26-27-28-29-30-31-32-33-34-35-36-37-38-39-40-41-42-43-45-47-49-51-53-59(63)60-57(56-67-68(64,65)66-55-54-61(3,4)5)58(62)52-50-48-46-44-15-13-11-9-7-2/h7-10,14-16,18-19,21-22,44,50,52,57-58,62H,6,11-13,17,20,23-43,45-49,51,53-56H2,1-5H3,(H-,60,63,64,65)/p+1/b9-7+,10-8-,16-14-,19-18-,22-21-,44-15+,52-50+. The van der Waals surface area contributed by atoms with E-state index in [4.69, 9.17) is 9.05 Å². The van der Waals surface area contributed by atoms with Crippen molar-refractivity contribution in [3.63, 3.8) is 0 Å². The molecule has 0 rings (SSSR count). The zero-order valence-corrected chi connectivity index (χ0v) is 45.7. The first-order valence-electron chi connectivity index (χ1n) is 27.9. The van der Waals surface area contributed by atoms with Crippen LogP contribution >= 0.6 is 7.82 Å². The molecule has 68 heavy (non-hydrogen) atoms. The number of nitrogens with one attached hydrogen (secondary N) is 1. The first-order chi connectivity index (χ1) is 33.0. The molecule has 0 radical (unpaired) electrons. The number of carbonyl (C=O) groups excluding carboxylic acids is 1. The van der Waals surface area contributed by atoms with Crippen molar-refractivity contribution in [2.75, 3.05) is 40.9 Å². The Kier molecular flexibility index (Phi) is 48.0. The third kappa shape index (κ3) is 51.5. The molecule has 0 heterocycles. The van der Waals surface area contributed by atoms with Gasteiger partial charge in [0.2, 0.25) is 5.91 Å². The molecular weight excluding hydrogens is 864 g/mol. The molecular formula is C59H108N2O6P+. The van der Waals surface area contributed by atoms with Crippen LogP contribution in [0.4, 0.5) is 0 Å². The lowest BCUT2D eigenvalue weighted by molar-refractivity contribution is -0.870. The SMILES string of the molecule is C/C=C/CC/C=C/CC/C=C/C(O)C(COP(=O)(O)OCC[N+](C)(C)C)NC(=O)CCCCCCCCCCCCCCCCCCCCCCCCCC/C=C\C/C=C\C/C=C\C/C=C\CC. The van der Waals surface area contributed by atoms with Crippen molar-refractivity contribution in [1.82, 2.24) is 5.32 Å². The number of nitrogens with zero attached hydrogens (tertiary/aromatic N) is 1. The summed E-state index contributed by atoms with van der Waals surface area (Å²) in [5.74, 6) is -0.193. The van der Waals surface area contributed by atoms with Crippen molar-refractivity contribution >= 4 is 13.7 Å². The molecule has 0 aromatic rings. The molecule has 0 aliphatic rings. The number of hydrogen-bond donors (Lipinski definition) is 3. The van der Waals surface area contributed by atoms with Gasteiger partial charge in [0, 0.05) is 6.42 Å². The maximum absolute atomic E-state index is 12.9. The third-order valence-corrected chi connectivity index (χ3v) is 13.2. The molecule has 0 spiro atoms. The maximum atomic E-state index is 12.9. The van der Waals surface area contributed by atoms with Crippen LogP contribution in [0.2, 0.25) is 0 Å². The molecule has 1 amide bonds. The van der Waals surface area contributed by atoms with E-state index in [0.29, 0.717) is 17.4 Å². The monoisotopic (exact) mass is 972 g/mol. The van der Waals surface area contributed by atoms with Crippen molar-refractivity contribution in [2.24, 2.45) is 0 Å². The minimum Gasteiger partial charge on any atom is -0.387 e. The van der Waals surface area contributed by atoms with E-state index in [-0.39, 0.29) is 19.1 Å². The van der Waals surface area contributed by atoms with Gasteiger partial charge in [0.25, 0.3) is 0 Å². The number of aliphatic hydroxyl groups is 1. The number of amides is 1. The van der Waals surface area contributed by atoms with Gasteiger partial charge in [-0.1, -0.05) is 233 Å². The normalized spacial score (nSPS) is 14.6. The van der Waals surface area contributed by atoms with Gasteiger partial charge in [-0.3, -0.25) is 13.8 Å². The Bertz CT molecular complexity index is 1380. The molecule has 0 saturated heterocycles. The van der Waals surface area contributed by atoms with Gasteiger partial charge in [0.1, 0.15) is 13.2 Å². The summed E-state index contributed by atoms with van der Waals surface area (Å²) in [6, 6.07) is -0.869. The number of rotatable bonds is 50. The predicted octanol–water partition coefficient (Wildman–Crippen LogP) is 16.9. The van der Waals surface area contributed by atoms with Crippen molar-refractivity contribution < 1.29 is 32.9 Å². The quantitative estimate of drug-likeness (QED) is 0.0243. The molecule has 0 aliphatic heterocycles. The van der Waals surface area contributed by atoms with E-state index in [9.17, 15) is 19.4 Å². The molecule has 3 unspecified atom stereocenters. The Hall–Kier alpha value is -2.32. The van der Waals surface area contributed by atoms with E-state index < -0.39 is 20.0 Å². The van der Waals surface area contributed by atoms with Gasteiger partial charge in [-0.2, -0.15) is 0 Å². The lowest BCUT2D eigenvalue weighted by Crippen LogP contribution is -2.45. The minimum atomic E-state index is -4.35. The van der Waals surface area contributed by atoms with Gasteiger partial charge in [-0.25, -0.2) is 4.57 Å². The third-order valence-electron chi connectivity index (χ3n) is 12.2. The van der Waals surface area contributed by atoms with E-state index in [0.717, 1.165) is 70.6 Å². The van der Waals surface area contributed by atoms with Crippen LogP contribution < -0.4 is 5.32 Å². The molecule has 0 fully saturated rings. The number of phosphoric acid groups is 1. The zero-order valence-electron chi connectivity index (χ0n) is 44.8. The lowest BCUT2D eigenvalue weighted by atomic mass is 10.0. The van der Waals surface area contributed by atoms with Crippen molar-refractivity contribution in [3.05, 3.63) is 85.1 Å². The lowest BCUT2D eigenvalue weighted by Gasteiger charge is -2.25. The van der Waals surface area contributed by atoms with Crippen LogP contribution in [-0.2, 0) is 18.4 Å². The van der Waals surface area contributed by atoms with E-state index in [1.807, 2.05) is 34.1 Å². The molecule has 394 valence electrons. The largest absolute Gasteiger partial charge is 0.472 e. The first-order valence-corrected chi connectivity index (χ1v) is 29.4. The van der Waals surface area contributed by atoms with Crippen LogP contribution in [-0.4, -0.2) is 73.4 Å². The second kappa shape index (κ2) is 49.7. The molecule has 0 bridgehead atoms. The second-order valence-electron chi connectivity index (χ2n) is 19.9. The van der Waals surface area contributed by atoms with Crippen LogP contribution in [0.5, 0.6) is 0 Å². The van der Waals surface area contributed by atoms with Gasteiger partial charge >= 0.3 is 7.82 Å². The molecule has 0 aromatic heterocycles. The Morgan fingerprint density at radius 2 is 0.912 bits per heavy atom. The highest BCUT2D eigenvalue weighted by Gasteiger charge is 2.27. The van der Waals surface area contributed by atoms with Gasteiger partial charge in [0.15, 0.2) is 0 Å². The predicted molar refractivity (Wildman–Crippen MR) is 295 cm³/mol. The highest BCUT2D eigenvalue weighted by molar-refractivity contribution is 7.47. The Morgan fingerprint density at radius 1 is 0.529 bits per heavy atom. The van der Waals surface area contributed by atoms with Crippen molar-refractivity contribution in [3.8, 4) is 0 Å². The number of likely N-dealkylation sites (N-methyl/N-ethyl adjacent to an activating group) is 1. The number of unbranched alkanes of at least 4 members (excludes halogenated alkanes) is 26. The molecule has 0 aliphatic carbocycles. The number of carbonyl (C=O) groups is 1. The number of phosphoric ester groups is 1. The Morgan fingerprint density at radius 3 is 1.35 bits per heavy atom. The van der Waals surface area contributed by atoms with Gasteiger partial charge in [-0.05, 0) is 77.6 Å². The van der Waals surface area contributed by atoms with Crippen molar-refractivity contribution in [2.45, 2.75) is 244 Å². The zero-order chi connectivity index (χ0) is 49.9. The van der Waals surface area contributed by atoms with E-state index in [1.54, 1.807) is 6.08 Å². The smallest absolute Gasteiger partial charge is 0.387 e. The van der Waals surface area contributed by atoms with Gasteiger partial charge in [0.05, 0.1) is 39.9 Å². The van der Waals surface area contributed by atoms with Crippen LogP contribution in [0.15, 0.2) is 85.1 Å². The summed E-state index contributed by atoms with van der Waals surface area (Å²) in [7, 11) is 1.54. The molecule has 0 saturated carbocycles.